The van der Waals surface area contributed by atoms with Crippen LogP contribution in [0.15, 0.2) is 65.9 Å². The number of hydrogen-bond acceptors (Lipinski definition) is 7. The van der Waals surface area contributed by atoms with E-state index in [9.17, 15) is 33.0 Å². The van der Waals surface area contributed by atoms with Crippen molar-refractivity contribution in [1.29, 1.82) is 0 Å². The first kappa shape index (κ1) is 31.7. The molecule has 2 amide bonds. The number of aliphatic hydroxyl groups is 2. The van der Waals surface area contributed by atoms with Crippen LogP contribution in [-0.4, -0.2) is 63.4 Å². The van der Waals surface area contributed by atoms with E-state index < -0.39 is 40.8 Å². The van der Waals surface area contributed by atoms with Crippen LogP contribution >= 0.6 is 11.6 Å². The fourth-order valence-corrected chi connectivity index (χ4v) is 4.18. The highest BCUT2D eigenvalue weighted by atomic mass is 35.5. The molecule has 0 spiro atoms. The van der Waals surface area contributed by atoms with E-state index in [-0.39, 0.29) is 22.5 Å². The molecule has 0 aliphatic carbocycles. The van der Waals surface area contributed by atoms with Crippen LogP contribution in [0.2, 0.25) is 5.02 Å². The van der Waals surface area contributed by atoms with Gasteiger partial charge in [0.05, 0.1) is 34.6 Å². The van der Waals surface area contributed by atoms with Crippen molar-refractivity contribution < 1.29 is 33.0 Å². The number of hydrogen-bond donors (Lipinski definition) is 4. The molecule has 0 saturated heterocycles. The van der Waals surface area contributed by atoms with Gasteiger partial charge in [-0.1, -0.05) is 29.8 Å². The minimum Gasteiger partial charge on any atom is -0.392 e. The summed E-state index contributed by atoms with van der Waals surface area (Å²) in [6, 6.07) is 12.8. The maximum atomic E-state index is 13.1. The molecule has 218 valence electrons. The highest BCUT2D eigenvalue weighted by Gasteiger charge is 2.33. The van der Waals surface area contributed by atoms with Gasteiger partial charge in [0.2, 0.25) is 0 Å². The van der Waals surface area contributed by atoms with E-state index >= 15 is 0 Å². The van der Waals surface area contributed by atoms with Crippen molar-refractivity contribution in [3.63, 3.8) is 0 Å². The SMILES string of the molecule is CC(O)CN(Cc1cccc(C(=O)Nc2ncccc2C(=O)N/N=C\c2ccc(Cl)c(C(F)(F)F)c2)c1)CC(C)O. The fraction of sp³-hybridized carbons (Fsp3) is 0.286. The van der Waals surface area contributed by atoms with Crippen LogP contribution in [0.5, 0.6) is 0 Å². The van der Waals surface area contributed by atoms with Gasteiger partial charge in [0.25, 0.3) is 11.8 Å². The topological polar surface area (TPSA) is 127 Å². The summed E-state index contributed by atoms with van der Waals surface area (Å²) in [7, 11) is 0. The number of nitrogens with one attached hydrogen (secondary N) is 2. The standard InChI is InChI=1S/C28H29ClF3N5O4/c1-17(38)14-37(15-18(2)39)16-20-5-3-6-21(11-20)26(40)35-25-22(7-4-10-33-25)27(41)36-34-13-19-8-9-24(29)23(12-19)28(30,31)32/h3-13,17-18,38-39H,14-16H2,1-2H3,(H,36,41)(H,33,35,40)/b34-13-. The first-order chi connectivity index (χ1) is 19.3. The monoisotopic (exact) mass is 591 g/mol. The Kier molecular flexibility index (Phi) is 11.0. The molecule has 1 aromatic heterocycles. The summed E-state index contributed by atoms with van der Waals surface area (Å²) in [5.74, 6) is -1.34. The van der Waals surface area contributed by atoms with E-state index in [2.05, 4.69) is 20.8 Å². The lowest BCUT2D eigenvalue weighted by atomic mass is 10.1. The molecule has 3 aromatic rings. The maximum absolute atomic E-state index is 13.1. The third-order valence-corrected chi connectivity index (χ3v) is 5.93. The van der Waals surface area contributed by atoms with Crippen molar-refractivity contribution >= 4 is 35.4 Å². The summed E-state index contributed by atoms with van der Waals surface area (Å²) in [5.41, 5.74) is 2.27. The molecular weight excluding hydrogens is 563 g/mol. The average Bonchev–Trinajstić information content (AvgIpc) is 2.88. The van der Waals surface area contributed by atoms with E-state index in [4.69, 9.17) is 11.6 Å². The second-order valence-corrected chi connectivity index (χ2v) is 9.79. The van der Waals surface area contributed by atoms with Crippen molar-refractivity contribution in [3.8, 4) is 0 Å². The molecule has 0 aliphatic rings. The Balaban J connectivity index is 1.71. The molecule has 3 rings (SSSR count). The predicted octanol–water partition coefficient (Wildman–Crippen LogP) is 4.33. The van der Waals surface area contributed by atoms with Crippen molar-refractivity contribution in [1.82, 2.24) is 15.3 Å². The van der Waals surface area contributed by atoms with Gasteiger partial charge in [-0.2, -0.15) is 18.3 Å². The number of aliphatic hydroxyl groups excluding tert-OH is 2. The maximum Gasteiger partial charge on any atom is 0.417 e. The molecule has 9 nitrogen and oxygen atoms in total. The van der Waals surface area contributed by atoms with Crippen LogP contribution in [0.1, 0.15) is 51.3 Å². The molecule has 2 atom stereocenters. The minimum absolute atomic E-state index is 0.0266. The zero-order valence-corrected chi connectivity index (χ0v) is 22.9. The number of pyridine rings is 1. The summed E-state index contributed by atoms with van der Waals surface area (Å²) in [4.78, 5) is 31.7. The van der Waals surface area contributed by atoms with Crippen molar-refractivity contribution in [3.05, 3.63) is 93.6 Å². The third-order valence-electron chi connectivity index (χ3n) is 5.60. The van der Waals surface area contributed by atoms with Crippen molar-refractivity contribution in [2.24, 2.45) is 5.10 Å². The van der Waals surface area contributed by atoms with Gasteiger partial charge in [-0.3, -0.25) is 14.5 Å². The predicted molar refractivity (Wildman–Crippen MR) is 149 cm³/mol. The first-order valence-corrected chi connectivity index (χ1v) is 12.8. The zero-order valence-electron chi connectivity index (χ0n) is 22.2. The van der Waals surface area contributed by atoms with E-state index in [1.54, 1.807) is 32.0 Å². The zero-order chi connectivity index (χ0) is 30.2. The second-order valence-electron chi connectivity index (χ2n) is 9.38. The molecule has 2 aromatic carbocycles. The number of amides is 2. The molecule has 0 fully saturated rings. The van der Waals surface area contributed by atoms with Gasteiger partial charge in [-0.05, 0) is 61.4 Å². The smallest absolute Gasteiger partial charge is 0.392 e. The Bertz CT molecular complexity index is 1390. The summed E-state index contributed by atoms with van der Waals surface area (Å²) < 4.78 is 39.2. The van der Waals surface area contributed by atoms with Gasteiger partial charge in [0.1, 0.15) is 5.82 Å². The van der Waals surface area contributed by atoms with E-state index in [0.717, 1.165) is 23.9 Å². The molecular formula is C28H29ClF3N5O4. The number of rotatable bonds is 11. The molecule has 41 heavy (non-hydrogen) atoms. The Morgan fingerprint density at radius 2 is 1.76 bits per heavy atom. The van der Waals surface area contributed by atoms with Gasteiger partial charge in [0.15, 0.2) is 0 Å². The van der Waals surface area contributed by atoms with Gasteiger partial charge >= 0.3 is 6.18 Å². The number of hydrazone groups is 1. The van der Waals surface area contributed by atoms with E-state index in [1.165, 1.54) is 24.4 Å². The molecule has 0 saturated carbocycles. The summed E-state index contributed by atoms with van der Waals surface area (Å²) >= 11 is 5.62. The van der Waals surface area contributed by atoms with Gasteiger partial charge < -0.3 is 15.5 Å². The van der Waals surface area contributed by atoms with Gasteiger partial charge in [0, 0.05) is 31.4 Å². The van der Waals surface area contributed by atoms with Crippen molar-refractivity contribution in [2.45, 2.75) is 38.8 Å². The van der Waals surface area contributed by atoms with Crippen LogP contribution in [0.3, 0.4) is 0 Å². The lowest BCUT2D eigenvalue weighted by Gasteiger charge is -2.25. The number of carbonyl (C=O) groups is 2. The fourth-order valence-electron chi connectivity index (χ4n) is 3.95. The lowest BCUT2D eigenvalue weighted by Crippen LogP contribution is -2.35. The minimum atomic E-state index is -4.65. The molecule has 0 aliphatic heterocycles. The Hall–Kier alpha value is -3.84. The summed E-state index contributed by atoms with van der Waals surface area (Å²) in [6.07, 6.45) is -3.46. The molecule has 1 heterocycles. The average molecular weight is 592 g/mol. The normalized spacial score (nSPS) is 13.3. The number of anilines is 1. The largest absolute Gasteiger partial charge is 0.417 e. The molecule has 13 heteroatoms. The lowest BCUT2D eigenvalue weighted by molar-refractivity contribution is -0.137. The Morgan fingerprint density at radius 1 is 1.05 bits per heavy atom. The first-order valence-electron chi connectivity index (χ1n) is 12.5. The number of carbonyl (C=O) groups excluding carboxylic acids is 2. The number of benzene rings is 2. The highest BCUT2D eigenvalue weighted by Crippen LogP contribution is 2.34. The number of aromatic nitrogens is 1. The van der Waals surface area contributed by atoms with Gasteiger partial charge in [-0.25, -0.2) is 10.4 Å². The van der Waals surface area contributed by atoms with Crippen LogP contribution in [-0.2, 0) is 12.7 Å². The quantitative estimate of drug-likeness (QED) is 0.194. The molecule has 0 bridgehead atoms. The van der Waals surface area contributed by atoms with Crippen LogP contribution in [0.4, 0.5) is 19.0 Å². The van der Waals surface area contributed by atoms with Crippen LogP contribution < -0.4 is 10.7 Å². The third kappa shape index (κ3) is 9.64. The van der Waals surface area contributed by atoms with Gasteiger partial charge in [-0.15, -0.1) is 0 Å². The summed E-state index contributed by atoms with van der Waals surface area (Å²) in [6.45, 7) is 4.33. The highest BCUT2D eigenvalue weighted by molar-refractivity contribution is 6.31. The molecule has 4 N–H and O–H groups in total. The molecule has 2 unspecified atom stereocenters. The summed E-state index contributed by atoms with van der Waals surface area (Å²) in [5, 5.41) is 25.4. The van der Waals surface area contributed by atoms with E-state index in [1.807, 2.05) is 11.0 Å². The Labute approximate surface area is 239 Å². The van der Waals surface area contributed by atoms with Crippen molar-refractivity contribution in [2.75, 3.05) is 18.4 Å². The number of halogens is 4. The van der Waals surface area contributed by atoms with E-state index in [0.29, 0.717) is 19.6 Å². The van der Waals surface area contributed by atoms with Crippen LogP contribution in [0.25, 0.3) is 0 Å². The molecule has 0 radical (unpaired) electrons. The number of alkyl halides is 3. The number of nitrogens with zero attached hydrogens (tertiary/aromatic N) is 3. The van der Waals surface area contributed by atoms with Crippen LogP contribution in [0, 0.1) is 0 Å². The second kappa shape index (κ2) is 14.2. The Morgan fingerprint density at radius 3 is 2.41 bits per heavy atom.